The average Bonchev–Trinajstić information content (AvgIpc) is 2.94. The number of fused-ring (bicyclic) bond motifs is 1. The summed E-state index contributed by atoms with van der Waals surface area (Å²) in [5, 5.41) is 1.93. The van der Waals surface area contributed by atoms with Gasteiger partial charge in [0.25, 0.3) is 15.6 Å². The van der Waals surface area contributed by atoms with E-state index >= 15 is 0 Å². The fourth-order valence-electron chi connectivity index (χ4n) is 1.73. The molecule has 2 aromatic heterocycles. The van der Waals surface area contributed by atoms with Crippen molar-refractivity contribution < 1.29 is 8.42 Å². The van der Waals surface area contributed by atoms with E-state index in [1.54, 1.807) is 35.7 Å². The van der Waals surface area contributed by atoms with Crippen LogP contribution in [0.15, 0.2) is 57.1 Å². The summed E-state index contributed by atoms with van der Waals surface area (Å²) in [6.45, 7) is 0. The molecule has 5 nitrogen and oxygen atoms in total. The van der Waals surface area contributed by atoms with Gasteiger partial charge in [-0.25, -0.2) is 4.98 Å². The van der Waals surface area contributed by atoms with Gasteiger partial charge in [-0.3, -0.25) is 4.79 Å². The first kappa shape index (κ1) is 12.1. The molecule has 0 saturated carbocycles. The first-order valence-corrected chi connectivity index (χ1v) is 7.68. The smallest absolute Gasteiger partial charge is 0.267 e. The molecule has 2 heterocycles. The van der Waals surface area contributed by atoms with Crippen LogP contribution in [0.1, 0.15) is 0 Å². The van der Waals surface area contributed by atoms with Gasteiger partial charge in [0, 0.05) is 0 Å². The van der Waals surface area contributed by atoms with Gasteiger partial charge in [-0.15, -0.1) is 11.3 Å². The summed E-state index contributed by atoms with van der Waals surface area (Å²) in [5.41, 5.74) is -0.107. The Morgan fingerprint density at radius 3 is 2.63 bits per heavy atom. The van der Waals surface area contributed by atoms with E-state index in [0.29, 0.717) is 9.49 Å². The van der Waals surface area contributed by atoms with Gasteiger partial charge in [-0.05, 0) is 23.6 Å². The molecular formula is C12H8N2O3S2. The zero-order valence-corrected chi connectivity index (χ0v) is 11.2. The lowest BCUT2D eigenvalue weighted by molar-refractivity contribution is 0.587. The van der Waals surface area contributed by atoms with E-state index in [9.17, 15) is 13.2 Å². The molecule has 0 aliphatic carbocycles. The molecule has 0 radical (unpaired) electrons. The molecule has 0 spiro atoms. The van der Waals surface area contributed by atoms with E-state index in [1.165, 1.54) is 6.07 Å². The van der Waals surface area contributed by atoms with E-state index < -0.39 is 15.6 Å². The Labute approximate surface area is 112 Å². The molecular weight excluding hydrogens is 284 g/mol. The maximum Gasteiger partial charge on any atom is 0.281 e. The predicted molar refractivity (Wildman–Crippen MR) is 72.9 cm³/mol. The quantitative estimate of drug-likeness (QED) is 0.721. The lowest BCUT2D eigenvalue weighted by Crippen LogP contribution is -2.27. The van der Waals surface area contributed by atoms with Crippen LogP contribution in [0.25, 0.3) is 10.9 Å². The van der Waals surface area contributed by atoms with Crippen molar-refractivity contribution in [3.63, 3.8) is 0 Å². The second-order valence-electron chi connectivity index (χ2n) is 3.80. The molecule has 0 N–H and O–H groups in total. The van der Waals surface area contributed by atoms with Crippen LogP contribution < -0.4 is 5.56 Å². The summed E-state index contributed by atoms with van der Waals surface area (Å²) in [5.74, 6) is 0. The minimum atomic E-state index is -3.86. The largest absolute Gasteiger partial charge is 0.281 e. The van der Waals surface area contributed by atoms with Crippen molar-refractivity contribution >= 4 is 32.3 Å². The predicted octanol–water partition coefficient (Wildman–Crippen LogP) is 1.69. The van der Waals surface area contributed by atoms with Crippen molar-refractivity contribution in [2.24, 2.45) is 0 Å². The number of benzene rings is 1. The molecule has 3 aromatic rings. The average molecular weight is 292 g/mol. The SMILES string of the molecule is O=c1c2ccccc2ncn1S(=O)(=O)c1cccs1. The topological polar surface area (TPSA) is 69.0 Å². The molecule has 0 unspecified atom stereocenters. The molecule has 1 aromatic carbocycles. The second kappa shape index (κ2) is 4.29. The second-order valence-corrected chi connectivity index (χ2v) is 6.79. The van der Waals surface area contributed by atoms with Gasteiger partial charge < -0.3 is 0 Å². The fraction of sp³-hybridized carbons (Fsp3) is 0. The molecule has 0 fully saturated rings. The molecule has 96 valence electrons. The Morgan fingerprint density at radius 1 is 1.11 bits per heavy atom. The Morgan fingerprint density at radius 2 is 1.89 bits per heavy atom. The normalized spacial score (nSPS) is 11.8. The summed E-state index contributed by atoms with van der Waals surface area (Å²) in [6.07, 6.45) is 1.06. The van der Waals surface area contributed by atoms with Crippen molar-refractivity contribution in [1.82, 2.24) is 8.96 Å². The highest BCUT2D eigenvalue weighted by Gasteiger charge is 2.20. The molecule has 0 amide bonds. The molecule has 7 heteroatoms. The summed E-state index contributed by atoms with van der Waals surface area (Å²) >= 11 is 1.06. The number of para-hydroxylation sites is 1. The third kappa shape index (κ3) is 1.87. The Hall–Kier alpha value is -1.99. The third-order valence-electron chi connectivity index (χ3n) is 2.64. The molecule has 0 aliphatic heterocycles. The van der Waals surface area contributed by atoms with Gasteiger partial charge in [-0.1, -0.05) is 18.2 Å². The minimum Gasteiger partial charge on any atom is -0.267 e. The van der Waals surface area contributed by atoms with E-state index in [-0.39, 0.29) is 9.60 Å². The van der Waals surface area contributed by atoms with Gasteiger partial charge in [0.2, 0.25) is 0 Å². The number of aromatic nitrogens is 2. The highest BCUT2D eigenvalue weighted by molar-refractivity contribution is 7.92. The first-order chi connectivity index (χ1) is 9.10. The maximum absolute atomic E-state index is 12.3. The Bertz CT molecular complexity index is 896. The van der Waals surface area contributed by atoms with Gasteiger partial charge in [0.15, 0.2) is 0 Å². The highest BCUT2D eigenvalue weighted by Crippen LogP contribution is 2.18. The monoisotopic (exact) mass is 292 g/mol. The van der Waals surface area contributed by atoms with Crippen LogP contribution in [0.5, 0.6) is 0 Å². The number of thiophene rings is 1. The lowest BCUT2D eigenvalue weighted by Gasteiger charge is -2.05. The Balaban J connectivity index is 2.34. The van der Waals surface area contributed by atoms with E-state index in [0.717, 1.165) is 17.7 Å². The number of nitrogens with zero attached hydrogens (tertiary/aromatic N) is 2. The van der Waals surface area contributed by atoms with Crippen molar-refractivity contribution in [3.05, 3.63) is 58.5 Å². The first-order valence-electron chi connectivity index (χ1n) is 5.36. The zero-order valence-electron chi connectivity index (χ0n) is 9.55. The van der Waals surface area contributed by atoms with Crippen LogP contribution in [-0.2, 0) is 10.0 Å². The molecule has 0 bridgehead atoms. The van der Waals surface area contributed by atoms with Crippen LogP contribution in [-0.4, -0.2) is 17.4 Å². The molecule has 0 atom stereocenters. The standard InChI is InChI=1S/C12H8N2O3S2/c15-12-9-4-1-2-5-10(9)13-8-14(12)19(16,17)11-6-3-7-18-11/h1-8H. The van der Waals surface area contributed by atoms with Gasteiger partial charge in [-0.2, -0.15) is 12.4 Å². The summed E-state index contributed by atoms with van der Waals surface area (Å²) in [7, 11) is -3.86. The summed E-state index contributed by atoms with van der Waals surface area (Å²) in [6, 6.07) is 9.73. The van der Waals surface area contributed by atoms with Crippen molar-refractivity contribution in [2.45, 2.75) is 4.21 Å². The molecule has 3 rings (SSSR count). The van der Waals surface area contributed by atoms with Gasteiger partial charge >= 0.3 is 0 Å². The van der Waals surface area contributed by atoms with Crippen LogP contribution in [0.2, 0.25) is 0 Å². The van der Waals surface area contributed by atoms with E-state index in [2.05, 4.69) is 4.98 Å². The van der Waals surface area contributed by atoms with Crippen molar-refractivity contribution in [1.29, 1.82) is 0 Å². The number of rotatable bonds is 2. The van der Waals surface area contributed by atoms with Crippen molar-refractivity contribution in [3.8, 4) is 0 Å². The van der Waals surface area contributed by atoms with Crippen LogP contribution >= 0.6 is 11.3 Å². The lowest BCUT2D eigenvalue weighted by atomic mass is 10.2. The molecule has 0 aliphatic rings. The van der Waals surface area contributed by atoms with Gasteiger partial charge in [0.05, 0.1) is 10.9 Å². The number of hydrogen-bond donors (Lipinski definition) is 0. The molecule has 19 heavy (non-hydrogen) atoms. The fourth-order valence-corrected chi connectivity index (χ4v) is 4.01. The van der Waals surface area contributed by atoms with Crippen LogP contribution in [0.3, 0.4) is 0 Å². The molecule has 0 saturated heterocycles. The Kier molecular flexibility index (Phi) is 2.72. The summed E-state index contributed by atoms with van der Waals surface area (Å²) in [4.78, 5) is 16.2. The van der Waals surface area contributed by atoms with E-state index in [4.69, 9.17) is 0 Å². The van der Waals surface area contributed by atoms with Gasteiger partial charge in [0.1, 0.15) is 10.5 Å². The third-order valence-corrected chi connectivity index (χ3v) is 5.65. The minimum absolute atomic E-state index is 0.117. The van der Waals surface area contributed by atoms with Crippen LogP contribution in [0, 0.1) is 0 Å². The number of hydrogen-bond acceptors (Lipinski definition) is 5. The van der Waals surface area contributed by atoms with Crippen LogP contribution in [0.4, 0.5) is 0 Å². The zero-order chi connectivity index (χ0) is 13.5. The maximum atomic E-state index is 12.3. The highest BCUT2D eigenvalue weighted by atomic mass is 32.2. The summed E-state index contributed by atoms with van der Waals surface area (Å²) < 4.78 is 25.4. The van der Waals surface area contributed by atoms with Crippen molar-refractivity contribution in [2.75, 3.05) is 0 Å². The van der Waals surface area contributed by atoms with E-state index in [1.807, 2.05) is 0 Å².